The summed E-state index contributed by atoms with van der Waals surface area (Å²) in [4.78, 5) is 14.2. The summed E-state index contributed by atoms with van der Waals surface area (Å²) in [6.07, 6.45) is 4.24. The molecule has 2 aromatic rings. The van der Waals surface area contributed by atoms with Crippen molar-refractivity contribution in [1.82, 2.24) is 9.78 Å². The van der Waals surface area contributed by atoms with Gasteiger partial charge in [0.05, 0.1) is 5.69 Å². The minimum Gasteiger partial charge on any atom is -0.472 e. The zero-order valence-electron chi connectivity index (χ0n) is 11.0. The summed E-state index contributed by atoms with van der Waals surface area (Å²) in [6.45, 7) is 2.38. The van der Waals surface area contributed by atoms with Gasteiger partial charge in [-0.05, 0) is 18.1 Å². The summed E-state index contributed by atoms with van der Waals surface area (Å²) in [5.41, 5.74) is 2.61. The zero-order valence-corrected chi connectivity index (χ0v) is 11.0. The zero-order chi connectivity index (χ0) is 13.7. The number of aliphatic imine (C=N–C) groups is 1. The molecule has 0 fully saturated rings. The fourth-order valence-corrected chi connectivity index (χ4v) is 1.89. The Kier molecular flexibility index (Phi) is 4.11. The molecule has 98 valence electrons. The predicted molar refractivity (Wildman–Crippen MR) is 71.1 cm³/mol. The van der Waals surface area contributed by atoms with Crippen LogP contribution in [0.25, 0.3) is 0 Å². The van der Waals surface area contributed by atoms with Crippen LogP contribution in [0.15, 0.2) is 35.5 Å². The first-order chi connectivity index (χ1) is 9.24. The van der Waals surface area contributed by atoms with E-state index in [1.807, 2.05) is 32.3 Å². The second kappa shape index (κ2) is 5.98. The number of carbonyl (C=O) groups excluding carboxylic acids is 1. The average molecular weight is 257 g/mol. The van der Waals surface area contributed by atoms with Crippen LogP contribution in [0.5, 0.6) is 5.88 Å². The lowest BCUT2D eigenvalue weighted by molar-refractivity contribution is 0.290. The first-order valence-corrected chi connectivity index (χ1v) is 6.05. The molecule has 0 bridgehead atoms. The quantitative estimate of drug-likeness (QED) is 0.611. The minimum atomic E-state index is 0.335. The van der Waals surface area contributed by atoms with Crippen molar-refractivity contribution in [2.45, 2.75) is 20.0 Å². The molecular weight excluding hydrogens is 242 g/mol. The van der Waals surface area contributed by atoms with Gasteiger partial charge in [0, 0.05) is 24.9 Å². The number of aryl methyl sites for hydroxylation is 2. The lowest BCUT2D eigenvalue weighted by Gasteiger charge is -2.10. The lowest BCUT2D eigenvalue weighted by Crippen LogP contribution is -2.01. The van der Waals surface area contributed by atoms with Crippen molar-refractivity contribution in [3.8, 4) is 5.88 Å². The maximum Gasteiger partial charge on any atom is 0.240 e. The molecule has 0 atom stereocenters. The standard InChI is InChI=1S/C14H15N3O2/c1-3-11-5-4-6-13(15-10-18)12(11)9-19-14-7-8-17(2)16-14/h4-8H,3,9H2,1-2H3. The van der Waals surface area contributed by atoms with E-state index in [1.54, 1.807) is 22.9 Å². The van der Waals surface area contributed by atoms with Crippen LogP contribution in [0.3, 0.4) is 0 Å². The monoisotopic (exact) mass is 257 g/mol. The Balaban J connectivity index is 2.24. The Morgan fingerprint density at radius 2 is 2.26 bits per heavy atom. The molecule has 0 N–H and O–H groups in total. The van der Waals surface area contributed by atoms with Crippen LogP contribution in [-0.4, -0.2) is 15.9 Å². The van der Waals surface area contributed by atoms with Crippen molar-refractivity contribution in [1.29, 1.82) is 0 Å². The maximum absolute atomic E-state index is 10.5. The number of isocyanates is 1. The van der Waals surface area contributed by atoms with Crippen molar-refractivity contribution in [2.24, 2.45) is 12.0 Å². The number of hydrogen-bond acceptors (Lipinski definition) is 4. The summed E-state index contributed by atoms with van der Waals surface area (Å²) < 4.78 is 7.29. The third-order valence-corrected chi connectivity index (χ3v) is 2.85. The maximum atomic E-state index is 10.5. The highest BCUT2D eigenvalue weighted by atomic mass is 16.5. The van der Waals surface area contributed by atoms with Gasteiger partial charge in [0.15, 0.2) is 0 Å². The van der Waals surface area contributed by atoms with Crippen molar-refractivity contribution in [3.63, 3.8) is 0 Å². The van der Waals surface area contributed by atoms with E-state index in [1.165, 1.54) is 0 Å². The SMILES string of the molecule is CCc1cccc(N=C=O)c1COc1ccn(C)n1. The predicted octanol–water partition coefficient (Wildman–Crippen LogP) is 2.53. The Morgan fingerprint density at radius 3 is 2.89 bits per heavy atom. The lowest BCUT2D eigenvalue weighted by atomic mass is 10.0. The Hall–Kier alpha value is -2.39. The summed E-state index contributed by atoms with van der Waals surface area (Å²) >= 11 is 0. The molecule has 0 amide bonds. The molecule has 0 radical (unpaired) electrons. The Bertz CT molecular complexity index is 613. The van der Waals surface area contributed by atoms with E-state index in [-0.39, 0.29) is 0 Å². The van der Waals surface area contributed by atoms with Crippen LogP contribution in [0.4, 0.5) is 5.69 Å². The van der Waals surface area contributed by atoms with E-state index in [4.69, 9.17) is 4.74 Å². The second-order valence-electron chi connectivity index (χ2n) is 4.09. The van der Waals surface area contributed by atoms with Gasteiger partial charge < -0.3 is 4.74 Å². The normalized spacial score (nSPS) is 10.0. The number of hydrogen-bond donors (Lipinski definition) is 0. The molecule has 0 spiro atoms. The van der Waals surface area contributed by atoms with Gasteiger partial charge in [0.1, 0.15) is 6.61 Å². The van der Waals surface area contributed by atoms with Gasteiger partial charge in [0.25, 0.3) is 0 Å². The molecule has 0 aliphatic rings. The average Bonchev–Trinajstić information content (AvgIpc) is 2.83. The number of nitrogens with zero attached hydrogens (tertiary/aromatic N) is 3. The van der Waals surface area contributed by atoms with Crippen LogP contribution in [0.2, 0.25) is 0 Å². The van der Waals surface area contributed by atoms with Gasteiger partial charge in [0.2, 0.25) is 12.0 Å². The molecule has 5 heteroatoms. The van der Waals surface area contributed by atoms with Crippen molar-refractivity contribution in [3.05, 3.63) is 41.6 Å². The van der Waals surface area contributed by atoms with Gasteiger partial charge >= 0.3 is 0 Å². The van der Waals surface area contributed by atoms with E-state index in [0.29, 0.717) is 18.2 Å². The number of rotatable bonds is 5. The number of benzene rings is 1. The van der Waals surface area contributed by atoms with Crippen LogP contribution < -0.4 is 4.74 Å². The van der Waals surface area contributed by atoms with E-state index < -0.39 is 0 Å². The van der Waals surface area contributed by atoms with Gasteiger partial charge in [-0.1, -0.05) is 19.1 Å². The third-order valence-electron chi connectivity index (χ3n) is 2.85. The molecule has 0 aliphatic carbocycles. The van der Waals surface area contributed by atoms with E-state index in [9.17, 15) is 4.79 Å². The van der Waals surface area contributed by atoms with Crippen molar-refractivity contribution in [2.75, 3.05) is 0 Å². The van der Waals surface area contributed by atoms with E-state index in [0.717, 1.165) is 17.5 Å². The molecular formula is C14H15N3O2. The van der Waals surface area contributed by atoms with E-state index >= 15 is 0 Å². The minimum absolute atomic E-state index is 0.335. The second-order valence-corrected chi connectivity index (χ2v) is 4.09. The highest BCUT2D eigenvalue weighted by Crippen LogP contribution is 2.24. The van der Waals surface area contributed by atoms with Gasteiger partial charge in [-0.2, -0.15) is 4.99 Å². The molecule has 0 aliphatic heterocycles. The Labute approximate surface area is 111 Å². The van der Waals surface area contributed by atoms with Crippen LogP contribution in [-0.2, 0) is 24.9 Å². The first kappa shape index (κ1) is 13.1. The fourth-order valence-electron chi connectivity index (χ4n) is 1.89. The fraction of sp³-hybridized carbons (Fsp3) is 0.286. The van der Waals surface area contributed by atoms with Crippen molar-refractivity contribution < 1.29 is 9.53 Å². The highest BCUT2D eigenvalue weighted by Gasteiger charge is 2.08. The molecule has 1 aromatic carbocycles. The molecule has 1 aromatic heterocycles. The molecule has 0 saturated heterocycles. The van der Waals surface area contributed by atoms with Crippen LogP contribution >= 0.6 is 0 Å². The largest absolute Gasteiger partial charge is 0.472 e. The topological polar surface area (TPSA) is 56.5 Å². The molecule has 1 heterocycles. The summed E-state index contributed by atoms with van der Waals surface area (Å²) in [5.74, 6) is 0.550. The number of ether oxygens (including phenoxy) is 1. The Morgan fingerprint density at radius 1 is 1.42 bits per heavy atom. The van der Waals surface area contributed by atoms with Gasteiger partial charge in [-0.15, -0.1) is 5.10 Å². The molecule has 5 nitrogen and oxygen atoms in total. The van der Waals surface area contributed by atoms with Gasteiger partial charge in [-0.25, -0.2) is 4.79 Å². The molecule has 0 unspecified atom stereocenters. The summed E-state index contributed by atoms with van der Waals surface area (Å²) in [6, 6.07) is 7.44. The molecule has 0 saturated carbocycles. The number of aromatic nitrogens is 2. The molecule has 2 rings (SSSR count). The van der Waals surface area contributed by atoms with E-state index in [2.05, 4.69) is 10.1 Å². The smallest absolute Gasteiger partial charge is 0.240 e. The summed E-state index contributed by atoms with van der Waals surface area (Å²) in [7, 11) is 1.83. The highest BCUT2D eigenvalue weighted by molar-refractivity contribution is 5.56. The van der Waals surface area contributed by atoms with Crippen LogP contribution in [0.1, 0.15) is 18.1 Å². The molecule has 19 heavy (non-hydrogen) atoms. The third kappa shape index (κ3) is 3.09. The summed E-state index contributed by atoms with van der Waals surface area (Å²) in [5, 5.41) is 4.14. The first-order valence-electron chi connectivity index (χ1n) is 6.05. The van der Waals surface area contributed by atoms with Crippen molar-refractivity contribution >= 4 is 11.8 Å². The van der Waals surface area contributed by atoms with Crippen LogP contribution in [0, 0.1) is 0 Å². The van der Waals surface area contributed by atoms with Gasteiger partial charge in [-0.3, -0.25) is 4.68 Å².